The van der Waals surface area contributed by atoms with Gasteiger partial charge in [-0.25, -0.2) is 0 Å². The summed E-state index contributed by atoms with van der Waals surface area (Å²) in [5.74, 6) is 3.42. The Balaban J connectivity index is 2.12. The van der Waals surface area contributed by atoms with Gasteiger partial charge in [0.15, 0.2) is 0 Å². The van der Waals surface area contributed by atoms with Gasteiger partial charge in [-0.1, -0.05) is 40.0 Å². The normalized spacial score (nSPS) is 21.3. The van der Waals surface area contributed by atoms with Gasteiger partial charge in [-0.15, -0.1) is 0 Å². The van der Waals surface area contributed by atoms with Crippen LogP contribution < -0.4 is 0 Å². The molecule has 2 unspecified atom stereocenters. The van der Waals surface area contributed by atoms with Crippen LogP contribution >= 0.6 is 11.3 Å². The summed E-state index contributed by atoms with van der Waals surface area (Å²) in [6.07, 6.45) is 4.40. The molecule has 1 heterocycles. The first-order chi connectivity index (χ1) is 7.20. The molecule has 1 aliphatic carbocycles. The second-order valence-corrected chi connectivity index (χ2v) is 6.16. The lowest BCUT2D eigenvalue weighted by atomic mass is 9.67. The lowest BCUT2D eigenvalue weighted by molar-refractivity contribution is 0.170. The second-order valence-electron chi connectivity index (χ2n) is 5.38. The van der Waals surface area contributed by atoms with E-state index in [1.54, 1.807) is 5.56 Å². The maximum atomic E-state index is 2.46. The molecule has 0 nitrogen and oxygen atoms in total. The highest BCUT2D eigenvalue weighted by molar-refractivity contribution is 7.07. The third-order valence-corrected chi connectivity index (χ3v) is 4.81. The first-order valence-corrected chi connectivity index (χ1v) is 7.16. The highest BCUT2D eigenvalue weighted by Gasteiger charge is 2.32. The maximum absolute atomic E-state index is 2.46. The third kappa shape index (κ3) is 2.28. The van der Waals surface area contributed by atoms with E-state index in [1.807, 2.05) is 11.3 Å². The molecule has 0 amide bonds. The highest BCUT2D eigenvalue weighted by atomic mass is 32.1. The van der Waals surface area contributed by atoms with Crippen LogP contribution in [0.5, 0.6) is 0 Å². The molecule has 0 radical (unpaired) electrons. The van der Waals surface area contributed by atoms with E-state index in [2.05, 4.69) is 37.6 Å². The van der Waals surface area contributed by atoms with Crippen LogP contribution in [0.1, 0.15) is 51.5 Å². The van der Waals surface area contributed by atoms with Crippen LogP contribution in [0.2, 0.25) is 0 Å². The number of rotatable bonds is 4. The zero-order valence-electron chi connectivity index (χ0n) is 10.1. The molecule has 2 atom stereocenters. The third-order valence-electron chi connectivity index (χ3n) is 4.11. The van der Waals surface area contributed by atoms with Gasteiger partial charge in [0.1, 0.15) is 0 Å². The molecule has 15 heavy (non-hydrogen) atoms. The first kappa shape index (κ1) is 11.2. The Hall–Kier alpha value is -0.300. The van der Waals surface area contributed by atoms with Gasteiger partial charge in [0.25, 0.3) is 0 Å². The van der Waals surface area contributed by atoms with E-state index in [-0.39, 0.29) is 0 Å². The van der Waals surface area contributed by atoms with E-state index < -0.39 is 0 Å². The summed E-state index contributed by atoms with van der Waals surface area (Å²) in [5, 5.41) is 4.57. The largest absolute Gasteiger partial charge is 0.152 e. The van der Waals surface area contributed by atoms with E-state index in [0.717, 1.165) is 23.7 Å². The van der Waals surface area contributed by atoms with Gasteiger partial charge < -0.3 is 0 Å². The van der Waals surface area contributed by atoms with Gasteiger partial charge in [0, 0.05) is 0 Å². The summed E-state index contributed by atoms with van der Waals surface area (Å²) >= 11 is 1.84. The van der Waals surface area contributed by atoms with E-state index >= 15 is 0 Å². The van der Waals surface area contributed by atoms with Crippen LogP contribution in [0, 0.1) is 17.8 Å². The quantitative estimate of drug-likeness (QED) is 0.678. The fourth-order valence-corrected chi connectivity index (χ4v) is 3.73. The SMILES string of the molecule is CC(C)C(c1ccsc1)C(C)C1CCC1. The Morgan fingerprint density at radius 2 is 2.00 bits per heavy atom. The lowest BCUT2D eigenvalue weighted by Gasteiger charge is -2.38. The van der Waals surface area contributed by atoms with Crippen LogP contribution in [0.4, 0.5) is 0 Å². The van der Waals surface area contributed by atoms with Gasteiger partial charge in [0.05, 0.1) is 0 Å². The van der Waals surface area contributed by atoms with E-state index in [0.29, 0.717) is 0 Å². The molecule has 0 N–H and O–H groups in total. The standard InChI is InChI=1S/C14H22S/c1-10(2)14(13-7-8-15-9-13)11(3)12-5-4-6-12/h7-12,14H,4-6H2,1-3H3. The summed E-state index contributed by atoms with van der Waals surface area (Å²) < 4.78 is 0. The molecule has 0 spiro atoms. The minimum absolute atomic E-state index is 0.773. The molecule has 1 saturated carbocycles. The Labute approximate surface area is 97.7 Å². The molecule has 1 fully saturated rings. The smallest absolute Gasteiger partial charge is 0.00582 e. The minimum Gasteiger partial charge on any atom is -0.152 e. The summed E-state index contributed by atoms with van der Waals surface area (Å²) in [4.78, 5) is 0. The van der Waals surface area contributed by atoms with E-state index in [1.165, 1.54) is 19.3 Å². The Morgan fingerprint density at radius 3 is 2.40 bits per heavy atom. The van der Waals surface area contributed by atoms with Crippen molar-refractivity contribution in [3.05, 3.63) is 22.4 Å². The topological polar surface area (TPSA) is 0 Å². The number of hydrogen-bond acceptors (Lipinski definition) is 1. The molecule has 0 saturated heterocycles. The number of hydrogen-bond donors (Lipinski definition) is 0. The van der Waals surface area contributed by atoms with Gasteiger partial charge in [-0.05, 0) is 46.1 Å². The molecule has 1 aromatic rings. The molecular formula is C14H22S. The van der Waals surface area contributed by atoms with Crippen molar-refractivity contribution in [3.8, 4) is 0 Å². The zero-order valence-corrected chi connectivity index (χ0v) is 10.9. The van der Waals surface area contributed by atoms with Crippen molar-refractivity contribution in [2.24, 2.45) is 17.8 Å². The van der Waals surface area contributed by atoms with Gasteiger partial charge >= 0.3 is 0 Å². The minimum atomic E-state index is 0.773. The summed E-state index contributed by atoms with van der Waals surface area (Å²) in [6.45, 7) is 7.21. The highest BCUT2D eigenvalue weighted by Crippen LogP contribution is 2.44. The van der Waals surface area contributed by atoms with Crippen molar-refractivity contribution in [2.75, 3.05) is 0 Å². The predicted octanol–water partition coefficient (Wildman–Crippen LogP) is 4.92. The summed E-state index contributed by atoms with van der Waals surface area (Å²) in [5.41, 5.74) is 1.58. The number of thiophene rings is 1. The molecule has 2 rings (SSSR count). The Bertz CT molecular complexity index is 282. The van der Waals surface area contributed by atoms with Gasteiger partial charge in [-0.3, -0.25) is 0 Å². The summed E-state index contributed by atoms with van der Waals surface area (Å²) in [6, 6.07) is 2.32. The van der Waals surface area contributed by atoms with E-state index in [4.69, 9.17) is 0 Å². The molecule has 1 heteroatoms. The monoisotopic (exact) mass is 222 g/mol. The van der Waals surface area contributed by atoms with Crippen LogP contribution in [0.25, 0.3) is 0 Å². The molecule has 0 aliphatic heterocycles. The van der Waals surface area contributed by atoms with Crippen molar-refractivity contribution in [3.63, 3.8) is 0 Å². The lowest BCUT2D eigenvalue weighted by Crippen LogP contribution is -2.27. The Morgan fingerprint density at radius 1 is 1.27 bits per heavy atom. The van der Waals surface area contributed by atoms with Crippen LogP contribution in [0.15, 0.2) is 16.8 Å². The van der Waals surface area contributed by atoms with Crippen molar-refractivity contribution in [2.45, 2.75) is 46.0 Å². The average Bonchev–Trinajstić information content (AvgIpc) is 2.52. The predicted molar refractivity (Wildman–Crippen MR) is 68.4 cm³/mol. The molecular weight excluding hydrogens is 200 g/mol. The molecule has 0 bridgehead atoms. The van der Waals surface area contributed by atoms with E-state index in [9.17, 15) is 0 Å². The first-order valence-electron chi connectivity index (χ1n) is 6.22. The fraction of sp³-hybridized carbons (Fsp3) is 0.714. The molecule has 0 aromatic carbocycles. The molecule has 1 aliphatic rings. The van der Waals surface area contributed by atoms with Gasteiger partial charge in [-0.2, -0.15) is 11.3 Å². The van der Waals surface area contributed by atoms with Crippen molar-refractivity contribution < 1.29 is 0 Å². The zero-order chi connectivity index (χ0) is 10.8. The van der Waals surface area contributed by atoms with Crippen LogP contribution in [-0.4, -0.2) is 0 Å². The van der Waals surface area contributed by atoms with Crippen LogP contribution in [0.3, 0.4) is 0 Å². The average molecular weight is 222 g/mol. The van der Waals surface area contributed by atoms with Crippen LogP contribution in [-0.2, 0) is 0 Å². The Kier molecular flexibility index (Phi) is 3.50. The second kappa shape index (κ2) is 4.69. The molecule has 1 aromatic heterocycles. The molecule has 84 valence electrons. The van der Waals surface area contributed by atoms with Gasteiger partial charge in [0.2, 0.25) is 0 Å². The van der Waals surface area contributed by atoms with Crippen molar-refractivity contribution in [1.29, 1.82) is 0 Å². The summed E-state index contributed by atoms with van der Waals surface area (Å²) in [7, 11) is 0. The van der Waals surface area contributed by atoms with Crippen molar-refractivity contribution in [1.82, 2.24) is 0 Å². The van der Waals surface area contributed by atoms with Crippen molar-refractivity contribution >= 4 is 11.3 Å². The maximum Gasteiger partial charge on any atom is -0.00582 e. The fourth-order valence-electron chi connectivity index (χ4n) is 3.02.